The van der Waals surface area contributed by atoms with E-state index in [9.17, 15) is 13.6 Å². The highest BCUT2D eigenvalue weighted by Gasteiger charge is 2.30. The third-order valence-electron chi connectivity index (χ3n) is 6.96. The van der Waals surface area contributed by atoms with Crippen LogP contribution in [0.4, 0.5) is 26.4 Å². The molecule has 2 aromatic heterocycles. The molecule has 2 aliphatic rings. The van der Waals surface area contributed by atoms with Crippen molar-refractivity contribution in [3.63, 3.8) is 0 Å². The number of benzene rings is 1. The van der Waals surface area contributed by atoms with Crippen LogP contribution in [0.5, 0.6) is 0 Å². The molecule has 1 saturated heterocycles. The van der Waals surface area contributed by atoms with Gasteiger partial charge in [0.25, 0.3) is 0 Å². The van der Waals surface area contributed by atoms with E-state index in [1.165, 1.54) is 0 Å². The fourth-order valence-corrected chi connectivity index (χ4v) is 5.29. The van der Waals surface area contributed by atoms with Crippen molar-refractivity contribution >= 4 is 46.3 Å². The molecule has 4 N–H and O–H groups in total. The van der Waals surface area contributed by atoms with E-state index in [2.05, 4.69) is 20.6 Å². The number of fused-ring (bicyclic) bond motifs is 1. The molecule has 0 bridgehead atoms. The minimum Gasteiger partial charge on any atom is -0.378 e. The Balaban J connectivity index is 1.51. The SMILES string of the molecule is C[C@@H]1C[C@H](Nc2ncc3nc(Nc4c(F)cc(Cl)cc4F)n(C4CCC(C(N)=O)CC4)c3n2)CCO1. The van der Waals surface area contributed by atoms with Crippen LogP contribution in [0.1, 0.15) is 51.5 Å². The first-order chi connectivity index (χ1) is 17.3. The molecule has 0 radical (unpaired) electrons. The lowest BCUT2D eigenvalue weighted by Crippen LogP contribution is -2.33. The standard InChI is InChI=1S/C24H28ClF2N7O2/c1-12-8-15(6-7-36-12)30-23-29-11-19-22(33-23)34(16-4-2-13(3-5-16)21(28)35)24(31-19)32-20-17(26)9-14(25)10-18(20)27/h9-13,15-16H,2-8H2,1H3,(H2,28,35)(H,31,32)(H,29,30,33)/t12-,13?,15-,16?/m1/s1. The number of carbonyl (C=O) groups is 1. The number of halogens is 3. The van der Waals surface area contributed by atoms with Gasteiger partial charge in [0.2, 0.25) is 17.8 Å². The van der Waals surface area contributed by atoms with E-state index in [0.29, 0.717) is 49.4 Å². The summed E-state index contributed by atoms with van der Waals surface area (Å²) < 4.78 is 36.7. The van der Waals surface area contributed by atoms with Gasteiger partial charge in [-0.15, -0.1) is 0 Å². The molecule has 5 rings (SSSR count). The summed E-state index contributed by atoms with van der Waals surface area (Å²) in [6.45, 7) is 2.69. The average Bonchev–Trinajstić information content (AvgIpc) is 3.18. The molecule has 3 heterocycles. The van der Waals surface area contributed by atoms with Crippen molar-refractivity contribution in [3.05, 3.63) is 35.0 Å². The summed E-state index contributed by atoms with van der Waals surface area (Å²) in [7, 11) is 0. The van der Waals surface area contributed by atoms with Crippen LogP contribution in [0.2, 0.25) is 5.02 Å². The summed E-state index contributed by atoms with van der Waals surface area (Å²) in [5.74, 6) is -1.49. The van der Waals surface area contributed by atoms with Crippen LogP contribution in [0.15, 0.2) is 18.3 Å². The van der Waals surface area contributed by atoms with Gasteiger partial charge in [-0.1, -0.05) is 11.6 Å². The van der Waals surface area contributed by atoms with Crippen molar-refractivity contribution < 1.29 is 18.3 Å². The van der Waals surface area contributed by atoms with Crippen LogP contribution < -0.4 is 16.4 Å². The van der Waals surface area contributed by atoms with Crippen LogP contribution >= 0.6 is 11.6 Å². The molecule has 1 aromatic carbocycles. The number of hydrogen-bond acceptors (Lipinski definition) is 7. The van der Waals surface area contributed by atoms with Crippen molar-refractivity contribution in [1.82, 2.24) is 19.5 Å². The number of carbonyl (C=O) groups excluding carboxylic acids is 1. The molecule has 1 aliphatic heterocycles. The third-order valence-corrected chi connectivity index (χ3v) is 7.18. The van der Waals surface area contributed by atoms with Crippen molar-refractivity contribution in [3.8, 4) is 0 Å². The first-order valence-electron chi connectivity index (χ1n) is 12.1. The monoisotopic (exact) mass is 519 g/mol. The number of ether oxygens (including phenoxy) is 1. The summed E-state index contributed by atoms with van der Waals surface area (Å²) in [5.41, 5.74) is 6.17. The molecule has 1 saturated carbocycles. The van der Waals surface area contributed by atoms with E-state index in [0.717, 1.165) is 25.0 Å². The van der Waals surface area contributed by atoms with Gasteiger partial charge in [0, 0.05) is 29.6 Å². The zero-order valence-electron chi connectivity index (χ0n) is 19.8. The van der Waals surface area contributed by atoms with Crippen molar-refractivity contribution in [2.45, 2.75) is 63.6 Å². The number of aromatic nitrogens is 4. The normalized spacial score (nSPS) is 24.6. The second-order valence-corrected chi connectivity index (χ2v) is 9.97. The molecule has 1 amide bonds. The molecule has 2 atom stereocenters. The molecule has 3 aromatic rings. The zero-order valence-corrected chi connectivity index (χ0v) is 20.6. The Morgan fingerprint density at radius 2 is 1.89 bits per heavy atom. The molecule has 1 aliphatic carbocycles. The van der Waals surface area contributed by atoms with E-state index in [1.54, 1.807) is 6.20 Å². The molecule has 0 unspecified atom stereocenters. The van der Waals surface area contributed by atoms with Crippen LogP contribution in [0.25, 0.3) is 11.2 Å². The van der Waals surface area contributed by atoms with Crippen LogP contribution in [0.3, 0.4) is 0 Å². The topological polar surface area (TPSA) is 120 Å². The Morgan fingerprint density at radius 1 is 1.17 bits per heavy atom. The predicted molar refractivity (Wildman–Crippen MR) is 132 cm³/mol. The van der Waals surface area contributed by atoms with E-state index in [4.69, 9.17) is 27.1 Å². The number of amides is 1. The molecule has 192 valence electrons. The van der Waals surface area contributed by atoms with Crippen molar-refractivity contribution in [1.29, 1.82) is 0 Å². The van der Waals surface area contributed by atoms with E-state index in [-0.39, 0.29) is 46.7 Å². The van der Waals surface area contributed by atoms with E-state index >= 15 is 0 Å². The molecule has 2 fully saturated rings. The Bertz CT molecular complexity index is 1260. The molecule has 12 heteroatoms. The first-order valence-corrected chi connectivity index (χ1v) is 12.5. The van der Waals surface area contributed by atoms with Crippen molar-refractivity contribution in [2.75, 3.05) is 17.2 Å². The number of imidazole rings is 1. The number of nitrogens with two attached hydrogens (primary N) is 1. The number of hydrogen-bond donors (Lipinski definition) is 3. The Hall–Kier alpha value is -3.05. The van der Waals surface area contributed by atoms with Crippen LogP contribution in [-0.4, -0.2) is 44.2 Å². The summed E-state index contributed by atoms with van der Waals surface area (Å²) >= 11 is 5.79. The minimum absolute atomic E-state index is 0.0437. The minimum atomic E-state index is -0.835. The van der Waals surface area contributed by atoms with Gasteiger partial charge in [-0.25, -0.2) is 18.7 Å². The Morgan fingerprint density at radius 3 is 2.56 bits per heavy atom. The molecule has 0 spiro atoms. The van der Waals surface area contributed by atoms with Crippen molar-refractivity contribution in [2.24, 2.45) is 11.7 Å². The molecule has 36 heavy (non-hydrogen) atoms. The maximum Gasteiger partial charge on any atom is 0.224 e. The Kier molecular flexibility index (Phi) is 6.94. The maximum atomic E-state index is 14.6. The lowest BCUT2D eigenvalue weighted by atomic mass is 9.85. The highest BCUT2D eigenvalue weighted by Crippen LogP contribution is 2.38. The van der Waals surface area contributed by atoms with Gasteiger partial charge < -0.3 is 21.1 Å². The van der Waals surface area contributed by atoms with E-state index in [1.807, 2.05) is 11.5 Å². The first kappa shape index (κ1) is 24.6. The number of primary amides is 1. The summed E-state index contributed by atoms with van der Waals surface area (Å²) in [4.78, 5) is 25.4. The summed E-state index contributed by atoms with van der Waals surface area (Å²) in [5, 5.41) is 6.15. The van der Waals surface area contributed by atoms with E-state index < -0.39 is 11.6 Å². The molecular formula is C24H28ClF2N7O2. The van der Waals surface area contributed by atoms with Gasteiger partial charge in [-0.05, 0) is 57.6 Å². The number of anilines is 3. The molecule has 9 nitrogen and oxygen atoms in total. The summed E-state index contributed by atoms with van der Waals surface area (Å²) in [6.07, 6.45) is 5.92. The van der Waals surface area contributed by atoms with Gasteiger partial charge in [-0.2, -0.15) is 4.98 Å². The molecular weight excluding hydrogens is 492 g/mol. The van der Waals surface area contributed by atoms with Gasteiger partial charge >= 0.3 is 0 Å². The lowest BCUT2D eigenvalue weighted by Gasteiger charge is -2.29. The number of rotatable bonds is 6. The largest absolute Gasteiger partial charge is 0.378 e. The Labute approximate surface area is 211 Å². The smallest absolute Gasteiger partial charge is 0.224 e. The fraction of sp³-hybridized carbons (Fsp3) is 0.500. The second-order valence-electron chi connectivity index (χ2n) is 9.53. The van der Waals surface area contributed by atoms with Gasteiger partial charge in [0.15, 0.2) is 17.3 Å². The average molecular weight is 520 g/mol. The number of nitrogens with zero attached hydrogens (tertiary/aromatic N) is 4. The number of nitrogens with one attached hydrogen (secondary N) is 2. The second kappa shape index (κ2) is 10.1. The van der Waals surface area contributed by atoms with Gasteiger partial charge in [0.05, 0.1) is 12.3 Å². The lowest BCUT2D eigenvalue weighted by molar-refractivity contribution is -0.122. The predicted octanol–water partition coefficient (Wildman–Crippen LogP) is 4.70. The quantitative estimate of drug-likeness (QED) is 0.432. The fourth-order valence-electron chi connectivity index (χ4n) is 5.10. The van der Waals surface area contributed by atoms with Crippen LogP contribution in [-0.2, 0) is 9.53 Å². The highest BCUT2D eigenvalue weighted by atomic mass is 35.5. The third kappa shape index (κ3) is 5.08. The summed E-state index contributed by atoms with van der Waals surface area (Å²) in [6, 6.07) is 2.14. The zero-order chi connectivity index (χ0) is 25.4. The van der Waals surface area contributed by atoms with Crippen LogP contribution in [0, 0.1) is 17.6 Å². The highest BCUT2D eigenvalue weighted by molar-refractivity contribution is 6.30. The van der Waals surface area contributed by atoms with Gasteiger partial charge in [-0.3, -0.25) is 9.36 Å². The van der Waals surface area contributed by atoms with Gasteiger partial charge in [0.1, 0.15) is 11.2 Å². The maximum absolute atomic E-state index is 14.6.